The molecule has 2 bridgehead atoms. The van der Waals surface area contributed by atoms with E-state index in [2.05, 4.69) is 21.3 Å². The van der Waals surface area contributed by atoms with Crippen molar-refractivity contribution >= 4 is 75.6 Å². The van der Waals surface area contributed by atoms with Crippen LogP contribution < -0.4 is 21.3 Å². The van der Waals surface area contributed by atoms with E-state index in [0.29, 0.717) is 26.6 Å². The molecule has 6 atom stereocenters. The first kappa shape index (κ1) is 41.1. The molecule has 0 radical (unpaired) electrons. The number of carbonyl (C=O) groups is 6. The van der Waals surface area contributed by atoms with Crippen LogP contribution in [0.5, 0.6) is 0 Å². The van der Waals surface area contributed by atoms with Gasteiger partial charge in [-0.25, -0.2) is 0 Å². The standard InChI is InChI=1S/C39H38Cl2N4O9S/c40-25-11-10-23(28(41)19-25)17-30-35(49)43-29(16-21-5-2-1-3-6-21)32(46)18-24(39(53)54)15-22-8-12-26(13-9-22)42-37(51)33(47)34(48)38(52)45-31(36(50)44-30)20-27-7-4-14-55-27/h1-14,19,24,29-31,33-34,47-48H,15-18,20H2,(H,42,51)(H,43,49)(H,44,50)(H,45,52)(H,53,54)/t24-,29-,30+,31-,33-,34-/m1/s1. The normalized spacial score (nSPS) is 23.2. The zero-order valence-electron chi connectivity index (χ0n) is 29.1. The van der Waals surface area contributed by atoms with Gasteiger partial charge in [0.2, 0.25) is 11.8 Å². The summed E-state index contributed by atoms with van der Waals surface area (Å²) in [6.07, 6.45) is -5.39. The maximum atomic E-state index is 14.3. The van der Waals surface area contributed by atoms with Crippen molar-refractivity contribution in [3.63, 3.8) is 0 Å². The predicted molar refractivity (Wildman–Crippen MR) is 206 cm³/mol. The molecule has 55 heavy (non-hydrogen) atoms. The molecular formula is C39H38Cl2N4O9S. The number of amides is 4. The first-order valence-electron chi connectivity index (χ1n) is 17.2. The summed E-state index contributed by atoms with van der Waals surface area (Å²) in [5, 5.41) is 43.9. The van der Waals surface area contributed by atoms with Crippen LogP contribution in [0.1, 0.15) is 28.0 Å². The van der Waals surface area contributed by atoms with E-state index in [0.717, 1.165) is 0 Å². The average Bonchev–Trinajstić information content (AvgIpc) is 3.68. The summed E-state index contributed by atoms with van der Waals surface area (Å²) in [6.45, 7) is 0. The topological polar surface area (TPSA) is 211 Å². The number of fused-ring (bicyclic) bond motifs is 18. The number of Topliss-reactive ketones (excluding diaryl/α,β-unsaturated/α-hetero) is 1. The second kappa shape index (κ2) is 19.0. The van der Waals surface area contributed by atoms with Gasteiger partial charge in [0, 0.05) is 39.9 Å². The molecule has 7 N–H and O–H groups in total. The highest BCUT2D eigenvalue weighted by Crippen LogP contribution is 2.23. The monoisotopic (exact) mass is 808 g/mol. The summed E-state index contributed by atoms with van der Waals surface area (Å²) in [7, 11) is 0. The van der Waals surface area contributed by atoms with Crippen LogP contribution >= 0.6 is 34.5 Å². The number of ketones is 1. The van der Waals surface area contributed by atoms with Crippen molar-refractivity contribution in [3.05, 3.63) is 122 Å². The molecule has 3 heterocycles. The lowest BCUT2D eigenvalue weighted by Gasteiger charge is -2.27. The molecule has 13 nitrogen and oxygen atoms in total. The second-order valence-electron chi connectivity index (χ2n) is 13.1. The largest absolute Gasteiger partial charge is 0.481 e. The molecule has 1 aromatic heterocycles. The maximum absolute atomic E-state index is 14.3. The number of thiophene rings is 1. The molecule has 2 aliphatic rings. The van der Waals surface area contributed by atoms with Crippen molar-refractivity contribution in [1.82, 2.24) is 16.0 Å². The van der Waals surface area contributed by atoms with E-state index in [4.69, 9.17) is 23.2 Å². The highest BCUT2D eigenvalue weighted by Gasteiger charge is 2.36. The molecule has 0 saturated heterocycles. The Bertz CT molecular complexity index is 2020. The minimum Gasteiger partial charge on any atom is -0.481 e. The van der Waals surface area contributed by atoms with Gasteiger partial charge < -0.3 is 36.6 Å². The van der Waals surface area contributed by atoms with Crippen LogP contribution in [0.2, 0.25) is 10.0 Å². The van der Waals surface area contributed by atoms with Crippen molar-refractivity contribution in [3.8, 4) is 0 Å². The van der Waals surface area contributed by atoms with Gasteiger partial charge in [-0.1, -0.05) is 77.8 Å². The van der Waals surface area contributed by atoms with Gasteiger partial charge >= 0.3 is 5.97 Å². The van der Waals surface area contributed by atoms with E-state index >= 15 is 0 Å². The Hall–Kier alpha value is -5.12. The number of aliphatic carboxylic acids is 1. The summed E-state index contributed by atoms with van der Waals surface area (Å²) >= 11 is 13.9. The lowest BCUT2D eigenvalue weighted by atomic mass is 9.90. The number of aliphatic hydroxyl groups excluding tert-OH is 2. The third-order valence-corrected chi connectivity index (χ3v) is 10.5. The van der Waals surface area contributed by atoms with Crippen molar-refractivity contribution in [2.75, 3.05) is 5.32 Å². The van der Waals surface area contributed by atoms with E-state index in [1.165, 1.54) is 41.7 Å². The van der Waals surface area contributed by atoms with Crippen LogP contribution in [-0.4, -0.2) is 81.0 Å². The lowest BCUT2D eigenvalue weighted by Crippen LogP contribution is -2.59. The third kappa shape index (κ3) is 11.4. The Morgan fingerprint density at radius 3 is 1.96 bits per heavy atom. The van der Waals surface area contributed by atoms with Crippen LogP contribution in [0.15, 0.2) is 90.3 Å². The molecule has 16 heteroatoms. The van der Waals surface area contributed by atoms with Crippen molar-refractivity contribution < 1.29 is 44.1 Å². The van der Waals surface area contributed by atoms with Gasteiger partial charge in [-0.15, -0.1) is 11.3 Å². The minimum absolute atomic E-state index is 0.00574. The zero-order valence-corrected chi connectivity index (χ0v) is 31.4. The van der Waals surface area contributed by atoms with Crippen molar-refractivity contribution in [2.24, 2.45) is 5.92 Å². The van der Waals surface area contributed by atoms with E-state index < -0.39 is 78.1 Å². The number of hydrogen-bond donors (Lipinski definition) is 7. The fourth-order valence-corrected chi connectivity index (χ4v) is 7.23. The number of aliphatic hydroxyl groups is 2. The molecule has 0 fully saturated rings. The third-order valence-electron chi connectivity index (χ3n) is 9.02. The van der Waals surface area contributed by atoms with E-state index in [9.17, 15) is 44.1 Å². The highest BCUT2D eigenvalue weighted by molar-refractivity contribution is 7.09. The number of rotatable bonds is 7. The SMILES string of the molecule is O=C(O)[C@H]1CC(=O)[C@@H](Cc2ccccc2)NC(=O)[C@H](Cc2ccc(Cl)cc2Cl)NC(=O)[C@@H](Cc2cccs2)NC(=O)[C@H](O)[C@@H](O)C(=O)Nc2ccc(cc2)C1. The minimum atomic E-state index is -2.31. The van der Waals surface area contributed by atoms with E-state index in [-0.39, 0.29) is 36.4 Å². The molecule has 0 aliphatic carbocycles. The molecule has 0 unspecified atom stereocenters. The Labute approximate surface area is 330 Å². The first-order valence-corrected chi connectivity index (χ1v) is 18.8. The summed E-state index contributed by atoms with van der Waals surface area (Å²) in [5.41, 5.74) is 1.76. The number of benzene rings is 3. The van der Waals surface area contributed by atoms with Crippen LogP contribution in [0, 0.1) is 5.92 Å². The summed E-state index contributed by atoms with van der Waals surface area (Å²) in [6, 6.07) is 18.6. The van der Waals surface area contributed by atoms with Crippen LogP contribution in [0.25, 0.3) is 0 Å². The fraction of sp³-hybridized carbons (Fsp3) is 0.282. The molecule has 2 aliphatic heterocycles. The molecule has 4 amide bonds. The average molecular weight is 810 g/mol. The number of carbonyl (C=O) groups excluding carboxylic acids is 5. The van der Waals surface area contributed by atoms with Crippen LogP contribution in [0.3, 0.4) is 0 Å². The molecule has 0 spiro atoms. The Morgan fingerprint density at radius 2 is 1.33 bits per heavy atom. The van der Waals surface area contributed by atoms with Gasteiger partial charge in [0.25, 0.3) is 11.8 Å². The Kier molecular flexibility index (Phi) is 14.2. The molecule has 3 aromatic carbocycles. The van der Waals surface area contributed by atoms with Gasteiger partial charge in [0.15, 0.2) is 18.0 Å². The van der Waals surface area contributed by atoms with E-state index in [1.807, 2.05) is 0 Å². The summed E-state index contributed by atoms with van der Waals surface area (Å²) < 4.78 is 0. The fourth-order valence-electron chi connectivity index (χ4n) is 6.00. The lowest BCUT2D eigenvalue weighted by molar-refractivity contribution is -0.145. The molecule has 4 aromatic rings. The summed E-state index contributed by atoms with van der Waals surface area (Å²) in [5.74, 6) is -7.07. The van der Waals surface area contributed by atoms with Crippen molar-refractivity contribution in [1.29, 1.82) is 0 Å². The zero-order chi connectivity index (χ0) is 39.6. The van der Waals surface area contributed by atoms with Gasteiger partial charge in [0.1, 0.15) is 12.1 Å². The molecule has 6 rings (SSSR count). The predicted octanol–water partition coefficient (Wildman–Crippen LogP) is 3.11. The van der Waals surface area contributed by atoms with Gasteiger partial charge in [-0.05, 0) is 65.2 Å². The van der Waals surface area contributed by atoms with Crippen molar-refractivity contribution in [2.45, 2.75) is 62.4 Å². The Balaban J connectivity index is 1.55. The highest BCUT2D eigenvalue weighted by atomic mass is 35.5. The molecular weight excluding hydrogens is 771 g/mol. The number of nitrogens with one attached hydrogen (secondary N) is 4. The number of carboxylic acids is 1. The molecule has 0 saturated carbocycles. The molecule has 288 valence electrons. The summed E-state index contributed by atoms with van der Waals surface area (Å²) in [4.78, 5) is 81.5. The Morgan fingerprint density at radius 1 is 0.691 bits per heavy atom. The number of carboxylic acid groups (broad SMARTS) is 1. The smallest absolute Gasteiger partial charge is 0.307 e. The number of anilines is 1. The van der Waals surface area contributed by atoms with Crippen LogP contribution in [0.4, 0.5) is 5.69 Å². The van der Waals surface area contributed by atoms with Gasteiger partial charge in [-0.2, -0.15) is 0 Å². The van der Waals surface area contributed by atoms with E-state index in [1.54, 1.807) is 60.0 Å². The van der Waals surface area contributed by atoms with Gasteiger partial charge in [0.05, 0.1) is 12.0 Å². The van der Waals surface area contributed by atoms with Gasteiger partial charge in [-0.3, -0.25) is 28.8 Å². The number of hydrogen-bond acceptors (Lipinski definition) is 9. The second-order valence-corrected chi connectivity index (χ2v) is 15.0. The maximum Gasteiger partial charge on any atom is 0.307 e. The quantitative estimate of drug-likeness (QED) is 0.137. The number of halogens is 2. The first-order chi connectivity index (χ1) is 26.3. The van der Waals surface area contributed by atoms with Crippen LogP contribution in [-0.2, 0) is 54.5 Å².